The van der Waals surface area contributed by atoms with Gasteiger partial charge in [0.05, 0.1) is 12.7 Å². The molecular formula is C24H30F2N2O2. The highest BCUT2D eigenvalue weighted by molar-refractivity contribution is 5.32. The van der Waals surface area contributed by atoms with Crippen LogP contribution in [0.1, 0.15) is 36.8 Å². The summed E-state index contributed by atoms with van der Waals surface area (Å²) >= 11 is 0. The Bertz CT molecular complexity index is 858. The monoisotopic (exact) mass is 416 g/mol. The summed E-state index contributed by atoms with van der Waals surface area (Å²) in [4.78, 5) is 2.46. The Balaban J connectivity index is 1.61. The largest absolute Gasteiger partial charge is 0.497 e. The molecule has 1 saturated carbocycles. The van der Waals surface area contributed by atoms with Gasteiger partial charge in [0.25, 0.3) is 0 Å². The van der Waals surface area contributed by atoms with Gasteiger partial charge in [0, 0.05) is 31.7 Å². The molecule has 2 N–H and O–H groups in total. The zero-order valence-electron chi connectivity index (χ0n) is 17.5. The van der Waals surface area contributed by atoms with Crippen LogP contribution in [0.4, 0.5) is 8.78 Å². The minimum absolute atomic E-state index is 0.218. The van der Waals surface area contributed by atoms with Gasteiger partial charge in [-0.15, -0.1) is 0 Å². The van der Waals surface area contributed by atoms with Crippen molar-refractivity contribution in [2.75, 3.05) is 33.3 Å². The average Bonchev–Trinajstić information content (AvgIpc) is 2.78. The number of hydrogen-bond donors (Lipinski definition) is 2. The van der Waals surface area contributed by atoms with Gasteiger partial charge in [-0.1, -0.05) is 12.1 Å². The van der Waals surface area contributed by atoms with E-state index >= 15 is 0 Å². The van der Waals surface area contributed by atoms with Crippen LogP contribution in [0.15, 0.2) is 42.5 Å². The molecule has 2 aromatic rings. The third kappa shape index (κ3) is 4.22. The maximum absolute atomic E-state index is 14.7. The molecule has 4 nitrogen and oxygen atoms in total. The molecule has 162 valence electrons. The summed E-state index contributed by atoms with van der Waals surface area (Å²) in [6, 6.07) is 11.1. The van der Waals surface area contributed by atoms with Gasteiger partial charge < -0.3 is 15.2 Å². The third-order valence-electron chi connectivity index (χ3n) is 6.95. The first-order chi connectivity index (χ1) is 14.4. The van der Waals surface area contributed by atoms with Gasteiger partial charge in [0.2, 0.25) is 0 Å². The van der Waals surface area contributed by atoms with Crippen molar-refractivity contribution in [2.45, 2.75) is 43.2 Å². The van der Waals surface area contributed by atoms with Crippen molar-refractivity contribution in [3.05, 3.63) is 65.2 Å². The van der Waals surface area contributed by atoms with Crippen LogP contribution in [0, 0.1) is 11.6 Å². The lowest BCUT2D eigenvalue weighted by Crippen LogP contribution is -2.59. The number of benzene rings is 2. The predicted molar refractivity (Wildman–Crippen MR) is 113 cm³/mol. The van der Waals surface area contributed by atoms with Gasteiger partial charge in [0.15, 0.2) is 0 Å². The van der Waals surface area contributed by atoms with E-state index in [9.17, 15) is 13.9 Å². The van der Waals surface area contributed by atoms with E-state index in [-0.39, 0.29) is 17.2 Å². The normalized spacial score (nSPS) is 27.7. The van der Waals surface area contributed by atoms with Crippen LogP contribution < -0.4 is 10.1 Å². The molecule has 0 bridgehead atoms. The Morgan fingerprint density at radius 2 is 1.67 bits per heavy atom. The molecule has 30 heavy (non-hydrogen) atoms. The fraction of sp³-hybridized carbons (Fsp3) is 0.500. The number of ether oxygens (including phenoxy) is 1. The average molecular weight is 417 g/mol. The number of hydrogen-bond acceptors (Lipinski definition) is 4. The smallest absolute Gasteiger partial charge is 0.126 e. The molecule has 2 aromatic carbocycles. The Hall–Kier alpha value is -2.02. The zero-order chi connectivity index (χ0) is 21.2. The molecule has 4 rings (SSSR count). The first-order valence-electron chi connectivity index (χ1n) is 10.7. The van der Waals surface area contributed by atoms with Gasteiger partial charge in [0.1, 0.15) is 17.4 Å². The van der Waals surface area contributed by atoms with E-state index < -0.39 is 5.60 Å². The van der Waals surface area contributed by atoms with Gasteiger partial charge in [-0.2, -0.15) is 0 Å². The highest BCUT2D eigenvalue weighted by atomic mass is 19.1. The van der Waals surface area contributed by atoms with Gasteiger partial charge in [-0.25, -0.2) is 8.78 Å². The van der Waals surface area contributed by atoms with Crippen LogP contribution in [-0.4, -0.2) is 48.8 Å². The quantitative estimate of drug-likeness (QED) is 0.782. The molecule has 0 unspecified atom stereocenters. The second-order valence-electron chi connectivity index (χ2n) is 8.63. The van der Waals surface area contributed by atoms with Crippen LogP contribution >= 0.6 is 0 Å². The minimum Gasteiger partial charge on any atom is -0.497 e. The molecule has 0 amide bonds. The van der Waals surface area contributed by atoms with Crippen LogP contribution in [0.3, 0.4) is 0 Å². The van der Waals surface area contributed by atoms with Gasteiger partial charge in [-0.3, -0.25) is 4.90 Å². The SMILES string of the molecule is COc1ccc(F)c(CC2(N3CCNCC3)CCC(O)(c3ccc(F)cc3)CC2)c1. The molecule has 1 aliphatic heterocycles. The van der Waals surface area contributed by atoms with Crippen LogP contribution in [0.5, 0.6) is 5.75 Å². The molecule has 0 radical (unpaired) electrons. The molecule has 2 fully saturated rings. The summed E-state index contributed by atoms with van der Waals surface area (Å²) < 4.78 is 33.3. The highest BCUT2D eigenvalue weighted by Gasteiger charge is 2.46. The summed E-state index contributed by atoms with van der Waals surface area (Å²) in [5.41, 5.74) is 0.213. The Morgan fingerprint density at radius 3 is 2.30 bits per heavy atom. The van der Waals surface area contributed by atoms with Crippen molar-refractivity contribution in [3.8, 4) is 5.75 Å². The maximum Gasteiger partial charge on any atom is 0.126 e. The Morgan fingerprint density at radius 1 is 1.00 bits per heavy atom. The molecule has 1 saturated heterocycles. The van der Waals surface area contributed by atoms with Crippen LogP contribution in [-0.2, 0) is 12.0 Å². The number of nitrogens with one attached hydrogen (secondary N) is 1. The summed E-state index contributed by atoms with van der Waals surface area (Å²) in [7, 11) is 1.59. The first-order valence-corrected chi connectivity index (χ1v) is 10.7. The second-order valence-corrected chi connectivity index (χ2v) is 8.63. The van der Waals surface area contributed by atoms with Crippen molar-refractivity contribution in [2.24, 2.45) is 0 Å². The topological polar surface area (TPSA) is 44.7 Å². The zero-order valence-corrected chi connectivity index (χ0v) is 17.5. The van der Waals surface area contributed by atoms with E-state index in [1.807, 2.05) is 0 Å². The molecule has 1 aliphatic carbocycles. The molecule has 1 heterocycles. The predicted octanol–water partition coefficient (Wildman–Crippen LogP) is 3.62. The van der Waals surface area contributed by atoms with E-state index in [1.54, 1.807) is 31.4 Å². The number of aliphatic hydroxyl groups is 1. The van der Waals surface area contributed by atoms with Crippen molar-refractivity contribution in [1.29, 1.82) is 0 Å². The molecule has 0 spiro atoms. The number of methoxy groups -OCH3 is 1. The van der Waals surface area contributed by atoms with E-state index in [0.717, 1.165) is 44.6 Å². The highest BCUT2D eigenvalue weighted by Crippen LogP contribution is 2.45. The third-order valence-corrected chi connectivity index (χ3v) is 6.95. The molecule has 2 aliphatic rings. The Kier molecular flexibility index (Phi) is 6.09. The molecule has 0 aromatic heterocycles. The molecule has 0 atom stereocenters. The van der Waals surface area contributed by atoms with E-state index in [4.69, 9.17) is 4.74 Å². The number of rotatable bonds is 5. The minimum atomic E-state index is -0.974. The van der Waals surface area contributed by atoms with Crippen molar-refractivity contribution < 1.29 is 18.6 Å². The summed E-state index contributed by atoms with van der Waals surface area (Å²) in [5, 5.41) is 14.7. The number of halogens is 2. The maximum atomic E-state index is 14.7. The lowest BCUT2D eigenvalue weighted by molar-refractivity contribution is -0.0630. The summed E-state index contributed by atoms with van der Waals surface area (Å²) in [6.45, 7) is 3.62. The number of nitrogens with zero attached hydrogens (tertiary/aromatic N) is 1. The van der Waals surface area contributed by atoms with Gasteiger partial charge in [-0.05, 0) is 73.6 Å². The van der Waals surface area contributed by atoms with Crippen LogP contribution in [0.2, 0.25) is 0 Å². The Labute approximate surface area is 176 Å². The lowest BCUT2D eigenvalue weighted by atomic mass is 9.68. The fourth-order valence-electron chi connectivity index (χ4n) is 5.09. The number of piperazine rings is 1. The first kappa shape index (κ1) is 21.2. The van der Waals surface area contributed by atoms with Crippen molar-refractivity contribution >= 4 is 0 Å². The standard InChI is InChI=1S/C24H30F2N2O2/c1-30-21-6-7-22(26)18(16-21)17-23(28-14-12-27-13-15-28)8-10-24(29,11-9-23)19-2-4-20(25)5-3-19/h2-7,16,27,29H,8-15,17H2,1H3. The lowest BCUT2D eigenvalue weighted by Gasteiger charge is -2.52. The van der Waals surface area contributed by atoms with E-state index in [2.05, 4.69) is 10.2 Å². The second kappa shape index (κ2) is 8.61. The van der Waals surface area contributed by atoms with Gasteiger partial charge >= 0.3 is 0 Å². The van der Waals surface area contributed by atoms with Crippen molar-refractivity contribution in [3.63, 3.8) is 0 Å². The van der Waals surface area contributed by atoms with E-state index in [1.165, 1.54) is 18.2 Å². The van der Waals surface area contributed by atoms with E-state index in [0.29, 0.717) is 30.6 Å². The molecule has 6 heteroatoms. The summed E-state index contributed by atoms with van der Waals surface area (Å²) in [5.74, 6) is 0.131. The fourth-order valence-corrected chi connectivity index (χ4v) is 5.09. The van der Waals surface area contributed by atoms with Crippen LogP contribution in [0.25, 0.3) is 0 Å². The molecular weight excluding hydrogens is 386 g/mol. The summed E-state index contributed by atoms with van der Waals surface area (Å²) in [6.07, 6.45) is 3.20. The van der Waals surface area contributed by atoms with Crippen molar-refractivity contribution in [1.82, 2.24) is 10.2 Å².